The fourth-order valence-corrected chi connectivity index (χ4v) is 3.52. The van der Waals surface area contributed by atoms with E-state index in [0.29, 0.717) is 30.4 Å². The number of anilines is 1. The van der Waals surface area contributed by atoms with Crippen LogP contribution in [0.4, 0.5) is 5.69 Å². The zero-order valence-electron chi connectivity index (χ0n) is 16.3. The SMILES string of the molecule is O=C(NC1CC1)c1ccc(NC(=O)C2CC(=O)N(CCc3ccccc3)C2)cc1. The van der Waals surface area contributed by atoms with Gasteiger partial charge in [-0.1, -0.05) is 30.3 Å². The van der Waals surface area contributed by atoms with Crippen molar-refractivity contribution in [2.24, 2.45) is 5.92 Å². The molecule has 2 aromatic rings. The highest BCUT2D eigenvalue weighted by atomic mass is 16.2. The number of benzene rings is 2. The topological polar surface area (TPSA) is 78.5 Å². The molecule has 2 aromatic carbocycles. The molecule has 2 N–H and O–H groups in total. The van der Waals surface area contributed by atoms with Crippen molar-refractivity contribution in [3.8, 4) is 0 Å². The number of hydrogen-bond donors (Lipinski definition) is 2. The Hall–Kier alpha value is -3.15. The van der Waals surface area contributed by atoms with E-state index in [1.807, 2.05) is 30.3 Å². The zero-order chi connectivity index (χ0) is 20.2. The average molecular weight is 391 g/mol. The molecule has 6 heteroatoms. The summed E-state index contributed by atoms with van der Waals surface area (Å²) in [5.41, 5.74) is 2.39. The fraction of sp³-hybridized carbons (Fsp3) is 0.348. The first-order valence-electron chi connectivity index (χ1n) is 10.1. The van der Waals surface area contributed by atoms with E-state index < -0.39 is 0 Å². The van der Waals surface area contributed by atoms with Crippen LogP contribution in [0.25, 0.3) is 0 Å². The van der Waals surface area contributed by atoms with Gasteiger partial charge in [-0.15, -0.1) is 0 Å². The van der Waals surface area contributed by atoms with Crippen molar-refractivity contribution in [2.75, 3.05) is 18.4 Å². The second-order valence-electron chi connectivity index (χ2n) is 7.79. The summed E-state index contributed by atoms with van der Waals surface area (Å²) < 4.78 is 0. The van der Waals surface area contributed by atoms with Crippen molar-refractivity contribution in [3.05, 3.63) is 65.7 Å². The molecule has 1 unspecified atom stereocenters. The molecule has 1 heterocycles. The van der Waals surface area contributed by atoms with Crippen molar-refractivity contribution in [1.82, 2.24) is 10.2 Å². The Labute approximate surface area is 170 Å². The molecule has 150 valence electrons. The summed E-state index contributed by atoms with van der Waals surface area (Å²) in [5, 5.41) is 5.81. The summed E-state index contributed by atoms with van der Waals surface area (Å²) in [4.78, 5) is 38.7. The number of nitrogens with one attached hydrogen (secondary N) is 2. The number of amides is 3. The molecule has 0 bridgehead atoms. The van der Waals surface area contributed by atoms with Crippen molar-refractivity contribution in [2.45, 2.75) is 31.7 Å². The molecule has 2 aliphatic rings. The third-order valence-electron chi connectivity index (χ3n) is 5.43. The third-order valence-corrected chi connectivity index (χ3v) is 5.43. The predicted molar refractivity (Wildman–Crippen MR) is 110 cm³/mol. The van der Waals surface area contributed by atoms with Crippen LogP contribution in [-0.4, -0.2) is 41.8 Å². The van der Waals surface area contributed by atoms with Crippen molar-refractivity contribution >= 4 is 23.4 Å². The standard InChI is InChI=1S/C23H25N3O3/c27-21-14-18(15-26(21)13-12-16-4-2-1-3-5-16)23(29)25-19-8-6-17(7-9-19)22(28)24-20-10-11-20/h1-9,18,20H,10-15H2,(H,24,28)(H,25,29). The van der Waals surface area contributed by atoms with Crippen LogP contribution in [0.2, 0.25) is 0 Å². The molecule has 1 saturated carbocycles. The molecule has 0 spiro atoms. The minimum atomic E-state index is -0.351. The third kappa shape index (κ3) is 5.02. The summed E-state index contributed by atoms with van der Waals surface area (Å²) in [6, 6.07) is 17.2. The maximum atomic E-state index is 12.6. The lowest BCUT2D eigenvalue weighted by Gasteiger charge is -2.16. The summed E-state index contributed by atoms with van der Waals surface area (Å²) in [5.74, 6) is -0.569. The highest BCUT2D eigenvalue weighted by molar-refractivity contribution is 5.98. The van der Waals surface area contributed by atoms with E-state index in [2.05, 4.69) is 10.6 Å². The van der Waals surface area contributed by atoms with Crippen LogP contribution < -0.4 is 10.6 Å². The van der Waals surface area contributed by atoms with E-state index in [4.69, 9.17) is 0 Å². The summed E-state index contributed by atoms with van der Waals surface area (Å²) in [7, 11) is 0. The van der Waals surface area contributed by atoms with Crippen molar-refractivity contribution < 1.29 is 14.4 Å². The minimum Gasteiger partial charge on any atom is -0.349 e. The highest BCUT2D eigenvalue weighted by Crippen LogP contribution is 2.22. The lowest BCUT2D eigenvalue weighted by molar-refractivity contribution is -0.128. The number of carbonyl (C=O) groups is 3. The van der Waals surface area contributed by atoms with Crippen LogP contribution in [0.5, 0.6) is 0 Å². The normalized spacial score (nSPS) is 18.6. The molecular formula is C23H25N3O3. The van der Waals surface area contributed by atoms with Gasteiger partial charge in [-0.3, -0.25) is 14.4 Å². The molecule has 1 saturated heterocycles. The summed E-state index contributed by atoms with van der Waals surface area (Å²) in [6.07, 6.45) is 3.11. The van der Waals surface area contributed by atoms with Crippen LogP contribution in [0.1, 0.15) is 35.2 Å². The van der Waals surface area contributed by atoms with Crippen LogP contribution in [-0.2, 0) is 16.0 Å². The van der Waals surface area contributed by atoms with Crippen LogP contribution in [0.15, 0.2) is 54.6 Å². The van der Waals surface area contributed by atoms with Gasteiger partial charge in [-0.25, -0.2) is 0 Å². The van der Waals surface area contributed by atoms with Crippen LogP contribution in [0, 0.1) is 5.92 Å². The van der Waals surface area contributed by atoms with Crippen molar-refractivity contribution in [3.63, 3.8) is 0 Å². The Morgan fingerprint density at radius 2 is 1.72 bits per heavy atom. The molecule has 1 aliphatic heterocycles. The second-order valence-corrected chi connectivity index (χ2v) is 7.79. The molecule has 2 fully saturated rings. The van der Waals surface area contributed by atoms with E-state index in [9.17, 15) is 14.4 Å². The molecule has 1 atom stereocenters. The van der Waals surface area contributed by atoms with Gasteiger partial charge < -0.3 is 15.5 Å². The Balaban J connectivity index is 1.28. The summed E-state index contributed by atoms with van der Waals surface area (Å²) >= 11 is 0. The van der Waals surface area contributed by atoms with E-state index in [-0.39, 0.29) is 30.1 Å². The van der Waals surface area contributed by atoms with Gasteiger partial charge in [0, 0.05) is 36.8 Å². The average Bonchev–Trinajstić information content (AvgIpc) is 3.47. The second kappa shape index (κ2) is 8.47. The largest absolute Gasteiger partial charge is 0.349 e. The van der Waals surface area contributed by atoms with Gasteiger partial charge in [0.05, 0.1) is 5.92 Å². The molecule has 3 amide bonds. The number of nitrogens with zero attached hydrogens (tertiary/aromatic N) is 1. The maximum Gasteiger partial charge on any atom is 0.251 e. The lowest BCUT2D eigenvalue weighted by Crippen LogP contribution is -2.30. The van der Waals surface area contributed by atoms with Crippen molar-refractivity contribution in [1.29, 1.82) is 0 Å². The van der Waals surface area contributed by atoms with Gasteiger partial charge in [-0.05, 0) is 49.1 Å². The van der Waals surface area contributed by atoms with Crippen LogP contribution in [0.3, 0.4) is 0 Å². The zero-order valence-corrected chi connectivity index (χ0v) is 16.3. The van der Waals surface area contributed by atoms with Gasteiger partial charge in [0.25, 0.3) is 5.91 Å². The number of likely N-dealkylation sites (tertiary alicyclic amines) is 1. The molecule has 0 radical (unpaired) electrons. The first-order valence-corrected chi connectivity index (χ1v) is 10.1. The predicted octanol–water partition coefficient (Wildman–Crippen LogP) is 2.61. The Kier molecular flexibility index (Phi) is 5.60. The highest BCUT2D eigenvalue weighted by Gasteiger charge is 2.34. The van der Waals surface area contributed by atoms with Gasteiger partial charge in [-0.2, -0.15) is 0 Å². The maximum absolute atomic E-state index is 12.6. The quantitative estimate of drug-likeness (QED) is 0.762. The Morgan fingerprint density at radius 1 is 1.00 bits per heavy atom. The Morgan fingerprint density at radius 3 is 2.41 bits per heavy atom. The number of hydrogen-bond acceptors (Lipinski definition) is 3. The van der Waals surface area contributed by atoms with Gasteiger partial charge in [0.2, 0.25) is 11.8 Å². The monoisotopic (exact) mass is 391 g/mol. The number of rotatable bonds is 7. The molecular weight excluding hydrogens is 366 g/mol. The minimum absolute atomic E-state index is 0.0215. The molecule has 4 rings (SSSR count). The van der Waals surface area contributed by atoms with Gasteiger partial charge in [0.1, 0.15) is 0 Å². The van der Waals surface area contributed by atoms with Crippen LogP contribution >= 0.6 is 0 Å². The first-order chi connectivity index (χ1) is 14.1. The molecule has 1 aliphatic carbocycles. The molecule has 6 nitrogen and oxygen atoms in total. The molecule has 0 aromatic heterocycles. The van der Waals surface area contributed by atoms with Gasteiger partial charge >= 0.3 is 0 Å². The van der Waals surface area contributed by atoms with E-state index in [0.717, 1.165) is 19.3 Å². The van der Waals surface area contributed by atoms with E-state index in [1.165, 1.54) is 5.56 Å². The fourth-order valence-electron chi connectivity index (χ4n) is 3.52. The smallest absolute Gasteiger partial charge is 0.251 e. The summed E-state index contributed by atoms with van der Waals surface area (Å²) in [6.45, 7) is 1.07. The lowest BCUT2D eigenvalue weighted by atomic mass is 10.1. The Bertz CT molecular complexity index is 891. The number of carbonyl (C=O) groups excluding carboxylic acids is 3. The van der Waals surface area contributed by atoms with E-state index in [1.54, 1.807) is 29.2 Å². The van der Waals surface area contributed by atoms with E-state index >= 15 is 0 Å². The van der Waals surface area contributed by atoms with Gasteiger partial charge in [0.15, 0.2) is 0 Å². The molecule has 29 heavy (non-hydrogen) atoms. The first kappa shape index (κ1) is 19.2.